The van der Waals surface area contributed by atoms with Crippen LogP contribution in [0.25, 0.3) is 10.8 Å². The van der Waals surface area contributed by atoms with Crippen LogP contribution >= 0.6 is 11.6 Å². The van der Waals surface area contributed by atoms with E-state index in [-0.39, 0.29) is 11.8 Å². The zero-order valence-corrected chi connectivity index (χ0v) is 15.5. The van der Waals surface area contributed by atoms with E-state index in [2.05, 4.69) is 5.32 Å². The highest BCUT2D eigenvalue weighted by Gasteiger charge is 2.23. The average molecular weight is 379 g/mol. The summed E-state index contributed by atoms with van der Waals surface area (Å²) < 4.78 is 0. The lowest BCUT2D eigenvalue weighted by Crippen LogP contribution is -2.29. The van der Waals surface area contributed by atoms with E-state index in [1.165, 1.54) is 0 Å². The number of likely N-dealkylation sites (tertiary alicyclic amines) is 1. The van der Waals surface area contributed by atoms with Gasteiger partial charge in [-0.25, -0.2) is 0 Å². The van der Waals surface area contributed by atoms with Gasteiger partial charge in [-0.2, -0.15) is 0 Å². The molecule has 1 saturated heterocycles. The monoisotopic (exact) mass is 378 g/mol. The lowest BCUT2D eigenvalue weighted by atomic mass is 10.0. The number of fused-ring (bicyclic) bond motifs is 1. The molecule has 1 aliphatic rings. The number of amides is 2. The first-order valence-corrected chi connectivity index (χ1v) is 9.39. The summed E-state index contributed by atoms with van der Waals surface area (Å²) in [5.41, 5.74) is 1.48. The molecule has 1 fully saturated rings. The SMILES string of the molecule is O=C(Nc1ccc(Cl)cc1C(=O)N1CCCC1)c1cccc2ccccc12. The van der Waals surface area contributed by atoms with E-state index >= 15 is 0 Å². The number of hydrogen-bond acceptors (Lipinski definition) is 2. The van der Waals surface area contributed by atoms with Crippen molar-refractivity contribution in [1.29, 1.82) is 0 Å². The molecule has 4 nitrogen and oxygen atoms in total. The van der Waals surface area contributed by atoms with Crippen molar-refractivity contribution >= 4 is 39.9 Å². The molecule has 136 valence electrons. The van der Waals surface area contributed by atoms with Gasteiger partial charge in [0.25, 0.3) is 11.8 Å². The fourth-order valence-electron chi connectivity index (χ4n) is 3.51. The molecule has 0 unspecified atom stereocenters. The van der Waals surface area contributed by atoms with Crippen molar-refractivity contribution in [3.8, 4) is 0 Å². The number of nitrogens with zero attached hydrogens (tertiary/aromatic N) is 1. The number of carbonyl (C=O) groups is 2. The molecule has 3 aromatic rings. The molecule has 2 amide bonds. The van der Waals surface area contributed by atoms with Crippen molar-refractivity contribution in [1.82, 2.24) is 4.90 Å². The van der Waals surface area contributed by atoms with Crippen LogP contribution in [0.15, 0.2) is 60.7 Å². The van der Waals surface area contributed by atoms with Crippen LogP contribution in [0.4, 0.5) is 5.69 Å². The lowest BCUT2D eigenvalue weighted by molar-refractivity contribution is 0.0794. The van der Waals surface area contributed by atoms with E-state index in [0.717, 1.165) is 36.7 Å². The molecule has 0 saturated carbocycles. The smallest absolute Gasteiger partial charge is 0.256 e. The molecular formula is C22H19ClN2O2. The van der Waals surface area contributed by atoms with Crippen LogP contribution in [0, 0.1) is 0 Å². The predicted molar refractivity (Wildman–Crippen MR) is 108 cm³/mol. The number of anilines is 1. The average Bonchev–Trinajstić information content (AvgIpc) is 3.23. The third-order valence-corrected chi connectivity index (χ3v) is 5.12. The summed E-state index contributed by atoms with van der Waals surface area (Å²) >= 11 is 6.12. The van der Waals surface area contributed by atoms with Crippen LogP contribution in [0.2, 0.25) is 5.02 Å². The molecule has 4 rings (SSSR count). The zero-order valence-electron chi connectivity index (χ0n) is 14.7. The molecular weight excluding hydrogens is 360 g/mol. The van der Waals surface area contributed by atoms with Gasteiger partial charge in [0.05, 0.1) is 11.3 Å². The van der Waals surface area contributed by atoms with E-state index in [1.807, 2.05) is 36.4 Å². The number of rotatable bonds is 3. The Morgan fingerprint density at radius 1 is 0.889 bits per heavy atom. The Kier molecular flexibility index (Phi) is 4.82. The molecule has 0 bridgehead atoms. The van der Waals surface area contributed by atoms with E-state index in [4.69, 9.17) is 11.6 Å². The van der Waals surface area contributed by atoms with E-state index in [9.17, 15) is 9.59 Å². The molecule has 27 heavy (non-hydrogen) atoms. The summed E-state index contributed by atoms with van der Waals surface area (Å²) in [6.45, 7) is 1.48. The maximum atomic E-state index is 12.9. The Labute approximate surface area is 162 Å². The molecule has 3 aromatic carbocycles. The Morgan fingerprint density at radius 2 is 1.63 bits per heavy atom. The van der Waals surface area contributed by atoms with Gasteiger partial charge in [0.2, 0.25) is 0 Å². The standard InChI is InChI=1S/C22H19ClN2O2/c23-16-10-11-20(19(14-16)22(27)25-12-3-4-13-25)24-21(26)18-9-5-7-15-6-1-2-8-17(15)18/h1-2,5-11,14H,3-4,12-13H2,(H,24,26). The number of nitrogens with one attached hydrogen (secondary N) is 1. The third kappa shape index (κ3) is 3.53. The fourth-order valence-corrected chi connectivity index (χ4v) is 3.68. The molecule has 0 spiro atoms. The normalized spacial score (nSPS) is 13.7. The van der Waals surface area contributed by atoms with Gasteiger partial charge in [0.15, 0.2) is 0 Å². The minimum atomic E-state index is -0.246. The Morgan fingerprint density at radius 3 is 2.44 bits per heavy atom. The fraction of sp³-hybridized carbons (Fsp3) is 0.182. The van der Waals surface area contributed by atoms with Gasteiger partial charge in [-0.1, -0.05) is 48.0 Å². The van der Waals surface area contributed by atoms with E-state index in [0.29, 0.717) is 21.8 Å². The first-order valence-electron chi connectivity index (χ1n) is 9.01. The van der Waals surface area contributed by atoms with Crippen LogP contribution < -0.4 is 5.32 Å². The molecule has 1 aliphatic heterocycles. The van der Waals surface area contributed by atoms with Crippen molar-refractivity contribution in [3.63, 3.8) is 0 Å². The predicted octanol–water partition coefficient (Wildman–Crippen LogP) is 4.98. The topological polar surface area (TPSA) is 49.4 Å². The van der Waals surface area contributed by atoms with Crippen molar-refractivity contribution in [3.05, 3.63) is 76.8 Å². The summed E-state index contributed by atoms with van der Waals surface area (Å²) in [7, 11) is 0. The maximum absolute atomic E-state index is 12.9. The quantitative estimate of drug-likeness (QED) is 0.698. The second-order valence-electron chi connectivity index (χ2n) is 6.67. The van der Waals surface area contributed by atoms with Gasteiger partial charge in [-0.05, 0) is 47.9 Å². The van der Waals surface area contributed by atoms with Crippen molar-refractivity contribution in [2.45, 2.75) is 12.8 Å². The van der Waals surface area contributed by atoms with E-state index in [1.54, 1.807) is 29.2 Å². The molecule has 1 heterocycles. The number of carbonyl (C=O) groups excluding carboxylic acids is 2. The van der Waals surface area contributed by atoms with Crippen molar-refractivity contribution in [2.75, 3.05) is 18.4 Å². The first-order chi connectivity index (χ1) is 13.1. The van der Waals surface area contributed by atoms with Crippen LogP contribution in [0.3, 0.4) is 0 Å². The minimum Gasteiger partial charge on any atom is -0.339 e. The van der Waals surface area contributed by atoms with Gasteiger partial charge >= 0.3 is 0 Å². The van der Waals surface area contributed by atoms with Gasteiger partial charge in [-0.15, -0.1) is 0 Å². The first kappa shape index (κ1) is 17.6. The summed E-state index contributed by atoms with van der Waals surface area (Å²) in [6, 6.07) is 18.3. The highest BCUT2D eigenvalue weighted by atomic mass is 35.5. The molecule has 0 atom stereocenters. The van der Waals surface area contributed by atoms with Gasteiger partial charge in [-0.3, -0.25) is 9.59 Å². The second kappa shape index (κ2) is 7.41. The maximum Gasteiger partial charge on any atom is 0.256 e. The summed E-state index contributed by atoms with van der Waals surface area (Å²) in [5, 5.41) is 5.25. The Balaban J connectivity index is 1.68. The molecule has 0 aliphatic carbocycles. The Hall–Kier alpha value is -2.85. The minimum absolute atomic E-state index is 0.0942. The van der Waals surface area contributed by atoms with E-state index < -0.39 is 0 Å². The summed E-state index contributed by atoms with van der Waals surface area (Å²) in [6.07, 6.45) is 2.01. The van der Waals surface area contributed by atoms with Crippen LogP contribution in [-0.4, -0.2) is 29.8 Å². The van der Waals surface area contributed by atoms with Gasteiger partial charge < -0.3 is 10.2 Å². The zero-order chi connectivity index (χ0) is 18.8. The van der Waals surface area contributed by atoms with Crippen LogP contribution in [0.5, 0.6) is 0 Å². The Bertz CT molecular complexity index is 1020. The molecule has 0 aromatic heterocycles. The van der Waals surface area contributed by atoms with Crippen molar-refractivity contribution < 1.29 is 9.59 Å². The second-order valence-corrected chi connectivity index (χ2v) is 7.11. The van der Waals surface area contributed by atoms with Crippen molar-refractivity contribution in [2.24, 2.45) is 0 Å². The highest BCUT2D eigenvalue weighted by molar-refractivity contribution is 6.31. The highest BCUT2D eigenvalue weighted by Crippen LogP contribution is 2.26. The molecule has 5 heteroatoms. The van der Waals surface area contributed by atoms with Crippen LogP contribution in [0.1, 0.15) is 33.6 Å². The lowest BCUT2D eigenvalue weighted by Gasteiger charge is -2.18. The van der Waals surface area contributed by atoms with Crippen LogP contribution in [-0.2, 0) is 0 Å². The summed E-state index contributed by atoms with van der Waals surface area (Å²) in [4.78, 5) is 27.6. The summed E-state index contributed by atoms with van der Waals surface area (Å²) in [5.74, 6) is -0.340. The van der Waals surface area contributed by atoms with Gasteiger partial charge in [0.1, 0.15) is 0 Å². The number of benzene rings is 3. The third-order valence-electron chi connectivity index (χ3n) is 4.89. The van der Waals surface area contributed by atoms with Gasteiger partial charge in [0, 0.05) is 23.7 Å². The largest absolute Gasteiger partial charge is 0.339 e. The molecule has 1 N–H and O–H groups in total. The number of hydrogen-bond donors (Lipinski definition) is 1. The molecule has 0 radical (unpaired) electrons. The number of halogens is 1.